The van der Waals surface area contributed by atoms with Gasteiger partial charge in [0.05, 0.1) is 12.3 Å². The lowest BCUT2D eigenvalue weighted by Crippen LogP contribution is -2.42. The van der Waals surface area contributed by atoms with E-state index in [1.807, 2.05) is 24.0 Å². The predicted octanol–water partition coefficient (Wildman–Crippen LogP) is -0.169. The van der Waals surface area contributed by atoms with Crippen molar-refractivity contribution in [2.45, 2.75) is 18.9 Å². The lowest BCUT2D eigenvalue weighted by Gasteiger charge is -2.20. The summed E-state index contributed by atoms with van der Waals surface area (Å²) in [4.78, 5) is 0. The molecule has 2 unspecified atom stereocenters. The Labute approximate surface area is 89.6 Å². The molecule has 2 rings (SSSR count). The molecule has 5 heteroatoms. The third-order valence-electron chi connectivity index (χ3n) is 2.95. The number of hydrogen-bond donors (Lipinski definition) is 2. The fourth-order valence-electron chi connectivity index (χ4n) is 2.03. The van der Waals surface area contributed by atoms with Crippen LogP contribution in [-0.2, 0) is 18.2 Å². The second kappa shape index (κ2) is 4.74. The molecule has 0 saturated carbocycles. The van der Waals surface area contributed by atoms with Crippen LogP contribution >= 0.6 is 0 Å². The summed E-state index contributed by atoms with van der Waals surface area (Å²) in [5.74, 6) is 6.08. The number of ether oxygens (including phenoxy) is 1. The summed E-state index contributed by atoms with van der Waals surface area (Å²) in [6.07, 6.45) is 3.90. The van der Waals surface area contributed by atoms with E-state index < -0.39 is 0 Å². The van der Waals surface area contributed by atoms with E-state index in [4.69, 9.17) is 10.6 Å². The highest BCUT2D eigenvalue weighted by molar-refractivity contribution is 5.02. The lowest BCUT2D eigenvalue weighted by atomic mass is 9.95. The number of nitrogens with zero attached hydrogens (tertiary/aromatic N) is 2. The maximum absolute atomic E-state index is 5.57. The van der Waals surface area contributed by atoms with Gasteiger partial charge in [-0.05, 0) is 12.5 Å². The molecule has 3 N–H and O–H groups in total. The molecule has 84 valence electrons. The molecule has 1 saturated heterocycles. The average molecular weight is 210 g/mol. The normalized spacial score (nSPS) is 23.2. The van der Waals surface area contributed by atoms with Gasteiger partial charge in [-0.3, -0.25) is 16.0 Å². The molecule has 0 spiro atoms. The molecule has 0 radical (unpaired) electrons. The highest BCUT2D eigenvalue weighted by Gasteiger charge is 2.25. The van der Waals surface area contributed by atoms with Gasteiger partial charge in [-0.15, -0.1) is 0 Å². The van der Waals surface area contributed by atoms with E-state index in [0.717, 1.165) is 31.7 Å². The first kappa shape index (κ1) is 10.6. The molecular formula is C10H18N4O. The van der Waals surface area contributed by atoms with Crippen LogP contribution in [0.3, 0.4) is 0 Å². The van der Waals surface area contributed by atoms with Crippen LogP contribution in [0.15, 0.2) is 12.3 Å². The smallest absolute Gasteiger partial charge is 0.0640 e. The molecule has 1 aromatic rings. The second-order valence-corrected chi connectivity index (χ2v) is 4.08. The van der Waals surface area contributed by atoms with Crippen LogP contribution in [0.25, 0.3) is 0 Å². The Morgan fingerprint density at radius 3 is 3.20 bits per heavy atom. The predicted molar refractivity (Wildman–Crippen MR) is 56.9 cm³/mol. The van der Waals surface area contributed by atoms with Gasteiger partial charge in [0, 0.05) is 38.2 Å². The Morgan fingerprint density at radius 2 is 2.67 bits per heavy atom. The van der Waals surface area contributed by atoms with Crippen molar-refractivity contribution >= 4 is 0 Å². The quantitative estimate of drug-likeness (QED) is 0.535. The van der Waals surface area contributed by atoms with Crippen LogP contribution in [0.1, 0.15) is 12.1 Å². The number of aryl methyl sites for hydroxylation is 1. The molecule has 1 fully saturated rings. The number of rotatable bonds is 4. The summed E-state index contributed by atoms with van der Waals surface area (Å²) in [7, 11) is 1.92. The van der Waals surface area contributed by atoms with E-state index in [0.29, 0.717) is 5.92 Å². The van der Waals surface area contributed by atoms with Gasteiger partial charge in [0.25, 0.3) is 0 Å². The summed E-state index contributed by atoms with van der Waals surface area (Å²) in [5, 5.41) is 4.35. The molecule has 2 heterocycles. The fraction of sp³-hybridized carbons (Fsp3) is 0.700. The number of nitrogens with one attached hydrogen (secondary N) is 1. The largest absolute Gasteiger partial charge is 0.381 e. The van der Waals surface area contributed by atoms with Gasteiger partial charge in [-0.25, -0.2) is 0 Å². The zero-order chi connectivity index (χ0) is 10.7. The van der Waals surface area contributed by atoms with Crippen molar-refractivity contribution in [3.05, 3.63) is 18.0 Å². The van der Waals surface area contributed by atoms with Crippen molar-refractivity contribution in [3.8, 4) is 0 Å². The first-order chi connectivity index (χ1) is 7.29. The van der Waals surface area contributed by atoms with Crippen LogP contribution in [0.2, 0.25) is 0 Å². The maximum Gasteiger partial charge on any atom is 0.0640 e. The third-order valence-corrected chi connectivity index (χ3v) is 2.95. The average Bonchev–Trinajstić information content (AvgIpc) is 2.85. The van der Waals surface area contributed by atoms with E-state index in [1.165, 1.54) is 0 Å². The van der Waals surface area contributed by atoms with Gasteiger partial charge in [-0.2, -0.15) is 5.10 Å². The van der Waals surface area contributed by atoms with Gasteiger partial charge in [0.15, 0.2) is 0 Å². The maximum atomic E-state index is 5.57. The van der Waals surface area contributed by atoms with Crippen molar-refractivity contribution in [1.29, 1.82) is 0 Å². The lowest BCUT2D eigenvalue weighted by molar-refractivity contribution is 0.176. The number of hydrazine groups is 1. The molecule has 1 aliphatic heterocycles. The molecule has 15 heavy (non-hydrogen) atoms. The van der Waals surface area contributed by atoms with Gasteiger partial charge < -0.3 is 4.74 Å². The SMILES string of the molecule is Cn1ccc(CC(NN)C2CCOC2)n1. The van der Waals surface area contributed by atoms with Crippen molar-refractivity contribution in [2.75, 3.05) is 13.2 Å². The standard InChI is InChI=1S/C10H18N4O/c1-14-4-2-9(13-14)6-10(12-11)8-3-5-15-7-8/h2,4,8,10,12H,3,5-7,11H2,1H3. The monoisotopic (exact) mass is 210 g/mol. The highest BCUT2D eigenvalue weighted by atomic mass is 16.5. The summed E-state index contributed by atoms with van der Waals surface area (Å²) in [5.41, 5.74) is 3.95. The van der Waals surface area contributed by atoms with Crippen LogP contribution in [0.5, 0.6) is 0 Å². The Morgan fingerprint density at radius 1 is 1.80 bits per heavy atom. The minimum Gasteiger partial charge on any atom is -0.381 e. The number of hydrogen-bond acceptors (Lipinski definition) is 4. The molecule has 1 aliphatic rings. The molecule has 5 nitrogen and oxygen atoms in total. The van der Waals surface area contributed by atoms with E-state index in [-0.39, 0.29) is 6.04 Å². The fourth-order valence-corrected chi connectivity index (χ4v) is 2.03. The molecule has 0 aliphatic carbocycles. The van der Waals surface area contributed by atoms with Crippen LogP contribution in [-0.4, -0.2) is 29.0 Å². The number of aromatic nitrogens is 2. The molecule has 0 amide bonds. The summed E-state index contributed by atoms with van der Waals surface area (Å²) < 4.78 is 7.18. The Hall–Kier alpha value is -0.910. The summed E-state index contributed by atoms with van der Waals surface area (Å²) in [6, 6.07) is 2.29. The highest BCUT2D eigenvalue weighted by Crippen LogP contribution is 2.18. The van der Waals surface area contributed by atoms with Crippen molar-refractivity contribution < 1.29 is 4.74 Å². The van der Waals surface area contributed by atoms with Gasteiger partial charge in [-0.1, -0.05) is 0 Å². The van der Waals surface area contributed by atoms with Gasteiger partial charge >= 0.3 is 0 Å². The van der Waals surface area contributed by atoms with E-state index in [2.05, 4.69) is 10.5 Å². The minimum atomic E-state index is 0.266. The van der Waals surface area contributed by atoms with E-state index >= 15 is 0 Å². The first-order valence-electron chi connectivity index (χ1n) is 5.32. The molecule has 1 aromatic heterocycles. The summed E-state index contributed by atoms with van der Waals surface area (Å²) in [6.45, 7) is 1.66. The van der Waals surface area contributed by atoms with Crippen LogP contribution in [0.4, 0.5) is 0 Å². The molecule has 2 atom stereocenters. The van der Waals surface area contributed by atoms with Gasteiger partial charge in [0.1, 0.15) is 0 Å². The molecule has 0 bridgehead atoms. The minimum absolute atomic E-state index is 0.266. The Bertz CT molecular complexity index is 306. The topological polar surface area (TPSA) is 65.1 Å². The summed E-state index contributed by atoms with van der Waals surface area (Å²) >= 11 is 0. The Balaban J connectivity index is 1.95. The van der Waals surface area contributed by atoms with Crippen LogP contribution < -0.4 is 11.3 Å². The first-order valence-corrected chi connectivity index (χ1v) is 5.32. The van der Waals surface area contributed by atoms with Crippen molar-refractivity contribution in [2.24, 2.45) is 18.8 Å². The molecule has 0 aromatic carbocycles. The third kappa shape index (κ3) is 2.56. The van der Waals surface area contributed by atoms with Crippen molar-refractivity contribution in [3.63, 3.8) is 0 Å². The van der Waals surface area contributed by atoms with Gasteiger partial charge in [0.2, 0.25) is 0 Å². The number of nitrogens with two attached hydrogens (primary N) is 1. The van der Waals surface area contributed by atoms with Crippen molar-refractivity contribution in [1.82, 2.24) is 15.2 Å². The zero-order valence-electron chi connectivity index (χ0n) is 9.02. The molecular weight excluding hydrogens is 192 g/mol. The Kier molecular flexibility index (Phi) is 3.35. The van der Waals surface area contributed by atoms with E-state index in [1.54, 1.807) is 0 Å². The van der Waals surface area contributed by atoms with E-state index in [9.17, 15) is 0 Å². The van der Waals surface area contributed by atoms with Crippen LogP contribution in [0, 0.1) is 5.92 Å². The zero-order valence-corrected chi connectivity index (χ0v) is 9.02. The second-order valence-electron chi connectivity index (χ2n) is 4.08.